The largest absolute Gasteiger partial charge is 0.508 e. The zero-order valence-electron chi connectivity index (χ0n) is 21.4. The van der Waals surface area contributed by atoms with Crippen LogP contribution in [0.2, 0.25) is 75.8 Å². The Kier molecular flexibility index (Phi) is 13.1. The second-order valence-corrected chi connectivity index (χ2v) is 33.2. The fourth-order valence-corrected chi connectivity index (χ4v) is 29.3. The van der Waals surface area contributed by atoms with Crippen LogP contribution in [0, 0.1) is 0 Å². The van der Waals surface area contributed by atoms with Crippen molar-refractivity contribution in [2.24, 2.45) is 0 Å². The second kappa shape index (κ2) is 13.2. The number of ether oxygens (including phenoxy) is 2. The highest BCUT2D eigenvalue weighted by molar-refractivity contribution is 6.98. The SMILES string of the molecule is C=C[Si](C)(C)C[Si](C)(C)CCCCOC(=O)OCCCC[Si](C)(C)C[Si](C)(C)C=C. The summed E-state index contributed by atoms with van der Waals surface area (Å²) in [6.07, 6.45) is 3.65. The molecule has 0 aromatic carbocycles. The molecular weight excluding hydrogens is 437 g/mol. The van der Waals surface area contributed by atoms with Crippen LogP contribution in [-0.4, -0.2) is 51.7 Å². The van der Waals surface area contributed by atoms with Gasteiger partial charge >= 0.3 is 6.16 Å². The summed E-state index contributed by atoms with van der Waals surface area (Å²) in [5.74, 6) is 0. The lowest BCUT2D eigenvalue weighted by Crippen LogP contribution is -2.38. The van der Waals surface area contributed by atoms with E-state index in [0.29, 0.717) is 13.2 Å². The summed E-state index contributed by atoms with van der Waals surface area (Å²) < 4.78 is 10.5. The summed E-state index contributed by atoms with van der Waals surface area (Å²) in [6.45, 7) is 28.5. The molecule has 176 valence electrons. The van der Waals surface area contributed by atoms with Crippen molar-refractivity contribution in [2.75, 3.05) is 13.2 Å². The molecule has 0 rings (SSSR count). The molecule has 0 amide bonds. The van der Waals surface area contributed by atoms with Crippen LogP contribution < -0.4 is 0 Å². The van der Waals surface area contributed by atoms with E-state index >= 15 is 0 Å². The third-order valence-corrected chi connectivity index (χ3v) is 26.5. The fraction of sp³-hybridized carbons (Fsp3) is 0.783. The van der Waals surface area contributed by atoms with E-state index in [0.717, 1.165) is 25.7 Å². The summed E-state index contributed by atoms with van der Waals surface area (Å²) in [5.41, 5.74) is 7.21. The van der Waals surface area contributed by atoms with Crippen molar-refractivity contribution in [1.29, 1.82) is 0 Å². The first-order valence-electron chi connectivity index (χ1n) is 11.7. The van der Waals surface area contributed by atoms with E-state index in [1.54, 1.807) is 0 Å². The molecule has 0 heterocycles. The van der Waals surface area contributed by atoms with Crippen molar-refractivity contribution in [3.05, 3.63) is 24.6 Å². The van der Waals surface area contributed by atoms with Crippen LogP contribution in [0.25, 0.3) is 0 Å². The monoisotopic (exact) mass is 486 g/mol. The van der Waals surface area contributed by atoms with Crippen molar-refractivity contribution >= 4 is 38.5 Å². The number of carbonyl (C=O) groups excluding carboxylic acids is 1. The lowest BCUT2D eigenvalue weighted by Gasteiger charge is -2.30. The number of hydrogen-bond acceptors (Lipinski definition) is 3. The lowest BCUT2D eigenvalue weighted by molar-refractivity contribution is 0.0536. The van der Waals surface area contributed by atoms with Gasteiger partial charge in [0.05, 0.1) is 29.4 Å². The van der Waals surface area contributed by atoms with Gasteiger partial charge in [-0.15, -0.1) is 24.6 Å². The number of hydrogen-bond donors (Lipinski definition) is 0. The van der Waals surface area contributed by atoms with Crippen LogP contribution in [-0.2, 0) is 9.47 Å². The molecule has 3 nitrogen and oxygen atoms in total. The van der Waals surface area contributed by atoms with E-state index in [4.69, 9.17) is 9.47 Å². The van der Waals surface area contributed by atoms with E-state index in [1.165, 1.54) is 23.4 Å². The first-order chi connectivity index (χ1) is 13.6. The van der Waals surface area contributed by atoms with Crippen molar-refractivity contribution in [3.8, 4) is 0 Å². The van der Waals surface area contributed by atoms with Gasteiger partial charge in [-0.1, -0.05) is 88.6 Å². The summed E-state index contributed by atoms with van der Waals surface area (Å²) in [4.78, 5) is 11.8. The van der Waals surface area contributed by atoms with E-state index < -0.39 is 38.5 Å². The van der Waals surface area contributed by atoms with Crippen LogP contribution in [0.4, 0.5) is 4.79 Å². The Hall–Kier alpha value is -0.382. The Labute approximate surface area is 191 Å². The molecule has 0 bridgehead atoms. The Bertz CT molecular complexity index is 497. The maximum absolute atomic E-state index is 11.8. The second-order valence-electron chi connectivity index (χ2n) is 11.9. The minimum absolute atomic E-state index is 0.479. The zero-order valence-corrected chi connectivity index (χ0v) is 25.4. The third kappa shape index (κ3) is 15.4. The minimum Gasteiger partial charge on any atom is -0.434 e. The average Bonchev–Trinajstić information content (AvgIpc) is 2.59. The van der Waals surface area contributed by atoms with E-state index in [9.17, 15) is 4.79 Å². The van der Waals surface area contributed by atoms with Crippen LogP contribution in [0.5, 0.6) is 0 Å². The summed E-state index contributed by atoms with van der Waals surface area (Å²) in [7, 11) is -4.82. The van der Waals surface area contributed by atoms with Gasteiger partial charge in [0.1, 0.15) is 0 Å². The van der Waals surface area contributed by atoms with Gasteiger partial charge in [0, 0.05) is 16.1 Å². The van der Waals surface area contributed by atoms with Crippen LogP contribution in [0.3, 0.4) is 0 Å². The maximum Gasteiger partial charge on any atom is 0.508 e. The quantitative estimate of drug-likeness (QED) is 0.126. The van der Waals surface area contributed by atoms with Crippen molar-refractivity contribution in [3.63, 3.8) is 0 Å². The molecule has 0 radical (unpaired) electrons. The first kappa shape index (κ1) is 29.6. The molecule has 0 saturated carbocycles. The van der Waals surface area contributed by atoms with Gasteiger partial charge in [-0.25, -0.2) is 4.79 Å². The molecule has 30 heavy (non-hydrogen) atoms. The third-order valence-electron chi connectivity index (χ3n) is 5.91. The van der Waals surface area contributed by atoms with Gasteiger partial charge in [-0.2, -0.15) is 0 Å². The van der Waals surface area contributed by atoms with E-state index in [-0.39, 0.29) is 0 Å². The Morgan fingerprint density at radius 1 is 0.667 bits per heavy atom. The molecule has 0 fully saturated rings. The molecule has 0 aliphatic carbocycles. The van der Waals surface area contributed by atoms with Gasteiger partial charge < -0.3 is 9.47 Å². The molecule has 0 spiro atoms. The first-order valence-corrected chi connectivity index (χ1v) is 25.1. The van der Waals surface area contributed by atoms with Crippen LogP contribution in [0.1, 0.15) is 25.7 Å². The summed E-state index contributed by atoms with van der Waals surface area (Å²) in [5, 5.41) is 0. The van der Waals surface area contributed by atoms with Gasteiger partial charge in [0.2, 0.25) is 0 Å². The summed E-state index contributed by atoms with van der Waals surface area (Å²) in [6, 6.07) is 2.59. The van der Waals surface area contributed by atoms with E-state index in [1.807, 2.05) is 0 Å². The highest BCUT2D eigenvalue weighted by atomic mass is 28.4. The molecular formula is C23H50O3Si4. The van der Waals surface area contributed by atoms with Crippen molar-refractivity contribution in [1.82, 2.24) is 0 Å². The highest BCUT2D eigenvalue weighted by Crippen LogP contribution is 2.26. The molecule has 0 unspecified atom stereocenters. The fourth-order valence-electron chi connectivity index (χ4n) is 4.55. The normalized spacial score (nSPS) is 13.1. The Morgan fingerprint density at radius 3 is 1.30 bits per heavy atom. The molecule has 0 saturated heterocycles. The predicted octanol–water partition coefficient (Wildman–Crippen LogP) is 8.06. The smallest absolute Gasteiger partial charge is 0.434 e. The Balaban J connectivity index is 3.87. The van der Waals surface area contributed by atoms with Gasteiger partial charge in [-0.05, 0) is 12.8 Å². The minimum atomic E-state index is -1.23. The average molecular weight is 487 g/mol. The standard InChI is InChI=1S/C23H50O3Si4/c1-11-27(3,4)21-29(7,8)19-15-13-17-25-23(24)26-18-14-16-20-30(9,10)22-28(5,6)12-2/h11-12H,1-2,13-22H2,3-10H3. The molecule has 0 aliphatic heterocycles. The molecule has 0 aromatic heterocycles. The van der Waals surface area contributed by atoms with Crippen molar-refractivity contribution in [2.45, 2.75) is 101 Å². The van der Waals surface area contributed by atoms with Crippen LogP contribution in [0.15, 0.2) is 24.6 Å². The molecule has 0 aromatic rings. The number of carbonyl (C=O) groups is 1. The molecule has 0 aliphatic rings. The van der Waals surface area contributed by atoms with Crippen molar-refractivity contribution < 1.29 is 14.3 Å². The van der Waals surface area contributed by atoms with Crippen LogP contribution >= 0.6 is 0 Å². The van der Waals surface area contributed by atoms with Gasteiger partial charge in [0.15, 0.2) is 0 Å². The number of unbranched alkanes of at least 4 members (excludes halogenated alkanes) is 2. The van der Waals surface area contributed by atoms with Gasteiger partial charge in [0.25, 0.3) is 0 Å². The predicted molar refractivity (Wildman–Crippen MR) is 145 cm³/mol. The maximum atomic E-state index is 11.8. The van der Waals surface area contributed by atoms with Gasteiger partial charge in [-0.3, -0.25) is 0 Å². The zero-order chi connectivity index (χ0) is 23.5. The molecule has 7 heteroatoms. The molecule has 0 N–H and O–H groups in total. The van der Waals surface area contributed by atoms with E-state index in [2.05, 4.69) is 76.9 Å². The topological polar surface area (TPSA) is 35.5 Å². The number of rotatable bonds is 16. The lowest BCUT2D eigenvalue weighted by atomic mass is 10.3. The Morgan fingerprint density at radius 2 is 1.00 bits per heavy atom. The highest BCUT2D eigenvalue weighted by Gasteiger charge is 2.30. The summed E-state index contributed by atoms with van der Waals surface area (Å²) >= 11 is 0. The molecule has 0 atom stereocenters.